The first kappa shape index (κ1) is 13.1. The highest BCUT2D eigenvalue weighted by Crippen LogP contribution is 2.34. The Hall–Kier alpha value is -1.38. The molecule has 3 nitrogen and oxygen atoms in total. The molecule has 0 spiro atoms. The minimum Gasteiger partial charge on any atom is -0.257 e. The van der Waals surface area contributed by atoms with Crippen molar-refractivity contribution in [2.45, 2.75) is 23.8 Å². The lowest BCUT2D eigenvalue weighted by molar-refractivity contribution is 1.06. The highest BCUT2D eigenvalue weighted by molar-refractivity contribution is 9.10. The van der Waals surface area contributed by atoms with Crippen LogP contribution in [0.4, 0.5) is 0 Å². The largest absolute Gasteiger partial charge is 0.257 e. The molecule has 18 heavy (non-hydrogen) atoms. The van der Waals surface area contributed by atoms with Gasteiger partial charge < -0.3 is 0 Å². The Labute approximate surface area is 118 Å². The fraction of sp³-hybridized carbons (Fsp3) is 0.154. The van der Waals surface area contributed by atoms with Crippen molar-refractivity contribution in [1.29, 1.82) is 5.26 Å². The molecular formula is C13H10BrN3S. The SMILES string of the molecule is Cc1cc(Sc2ncccc2Br)c(C#N)c(C)n1. The number of hydrogen-bond donors (Lipinski definition) is 0. The molecule has 0 saturated heterocycles. The normalized spacial score (nSPS) is 10.1. The highest BCUT2D eigenvalue weighted by atomic mass is 79.9. The van der Waals surface area contributed by atoms with Crippen molar-refractivity contribution >= 4 is 27.7 Å². The molecule has 0 aromatic carbocycles. The summed E-state index contributed by atoms with van der Waals surface area (Å²) in [5.41, 5.74) is 2.27. The third-order valence-corrected chi connectivity index (χ3v) is 4.30. The molecule has 5 heteroatoms. The predicted octanol–water partition coefficient (Wildman–Crippen LogP) is 3.88. The molecule has 2 aromatic rings. The van der Waals surface area contributed by atoms with Gasteiger partial charge in [-0.15, -0.1) is 0 Å². The van der Waals surface area contributed by atoms with Crippen LogP contribution in [0.1, 0.15) is 17.0 Å². The maximum Gasteiger partial charge on any atom is 0.115 e. The average molecular weight is 320 g/mol. The zero-order valence-electron chi connectivity index (χ0n) is 9.94. The van der Waals surface area contributed by atoms with Gasteiger partial charge in [0.15, 0.2) is 0 Å². The van der Waals surface area contributed by atoms with Gasteiger partial charge in [-0.25, -0.2) is 4.98 Å². The molecule has 90 valence electrons. The summed E-state index contributed by atoms with van der Waals surface area (Å²) >= 11 is 4.93. The fourth-order valence-corrected chi connectivity index (χ4v) is 3.07. The standard InChI is InChI=1S/C13H10BrN3S/c1-8-6-12(10(7-15)9(2)17-8)18-13-11(14)4-3-5-16-13/h3-6H,1-2H3. The van der Waals surface area contributed by atoms with Gasteiger partial charge in [0.05, 0.1) is 15.7 Å². The lowest BCUT2D eigenvalue weighted by atomic mass is 10.2. The van der Waals surface area contributed by atoms with Crippen LogP contribution in [0.3, 0.4) is 0 Å². The van der Waals surface area contributed by atoms with Crippen molar-refractivity contribution in [1.82, 2.24) is 9.97 Å². The molecule has 0 bridgehead atoms. The van der Waals surface area contributed by atoms with Crippen LogP contribution in [0.15, 0.2) is 38.8 Å². The third kappa shape index (κ3) is 2.71. The van der Waals surface area contributed by atoms with Gasteiger partial charge in [0, 0.05) is 16.8 Å². The average Bonchev–Trinajstić information content (AvgIpc) is 2.31. The summed E-state index contributed by atoms with van der Waals surface area (Å²) in [6.45, 7) is 3.77. The molecule has 0 aliphatic heterocycles. The van der Waals surface area contributed by atoms with Crippen molar-refractivity contribution in [2.75, 3.05) is 0 Å². The summed E-state index contributed by atoms with van der Waals surface area (Å²) in [4.78, 5) is 9.49. The molecule has 0 N–H and O–H groups in total. The number of pyridine rings is 2. The van der Waals surface area contributed by atoms with Crippen molar-refractivity contribution in [3.05, 3.63) is 45.8 Å². The molecular weight excluding hydrogens is 310 g/mol. The van der Waals surface area contributed by atoms with Gasteiger partial charge in [0.2, 0.25) is 0 Å². The lowest BCUT2D eigenvalue weighted by Gasteiger charge is -2.07. The van der Waals surface area contributed by atoms with E-state index in [0.717, 1.165) is 25.8 Å². The lowest BCUT2D eigenvalue weighted by Crippen LogP contribution is -1.94. The summed E-state index contributed by atoms with van der Waals surface area (Å²) in [5.74, 6) is 0. The predicted molar refractivity (Wildman–Crippen MR) is 74.5 cm³/mol. The number of aryl methyl sites for hydroxylation is 2. The minimum atomic E-state index is 0.614. The summed E-state index contributed by atoms with van der Waals surface area (Å²) in [5, 5.41) is 10.0. The molecule has 2 aromatic heterocycles. The Bertz CT molecular complexity index is 635. The third-order valence-electron chi connectivity index (χ3n) is 2.34. The van der Waals surface area contributed by atoms with Gasteiger partial charge in [0.1, 0.15) is 11.1 Å². The number of hydrogen-bond acceptors (Lipinski definition) is 4. The molecule has 0 fully saturated rings. The fourth-order valence-electron chi connectivity index (χ4n) is 1.56. The van der Waals surface area contributed by atoms with E-state index in [-0.39, 0.29) is 0 Å². The topological polar surface area (TPSA) is 49.6 Å². The van der Waals surface area contributed by atoms with E-state index in [1.807, 2.05) is 32.0 Å². The van der Waals surface area contributed by atoms with Crippen LogP contribution in [0, 0.1) is 25.2 Å². The van der Waals surface area contributed by atoms with Crippen LogP contribution in [-0.2, 0) is 0 Å². The number of halogens is 1. The van der Waals surface area contributed by atoms with E-state index >= 15 is 0 Å². The van der Waals surface area contributed by atoms with Crippen LogP contribution in [-0.4, -0.2) is 9.97 Å². The first-order valence-corrected chi connectivity index (χ1v) is 6.89. The molecule has 0 radical (unpaired) electrons. The van der Waals surface area contributed by atoms with Crippen LogP contribution < -0.4 is 0 Å². The van der Waals surface area contributed by atoms with Gasteiger partial charge in [-0.05, 0) is 48.0 Å². The summed E-state index contributed by atoms with van der Waals surface area (Å²) in [6, 6.07) is 7.91. The van der Waals surface area contributed by atoms with Gasteiger partial charge in [-0.1, -0.05) is 11.8 Å². The zero-order chi connectivity index (χ0) is 13.1. The van der Waals surface area contributed by atoms with Crippen LogP contribution in [0.2, 0.25) is 0 Å². The van der Waals surface area contributed by atoms with E-state index in [4.69, 9.17) is 0 Å². The molecule has 0 atom stereocenters. The van der Waals surface area contributed by atoms with Crippen LogP contribution >= 0.6 is 27.7 Å². The van der Waals surface area contributed by atoms with Crippen molar-refractivity contribution in [3.8, 4) is 6.07 Å². The Kier molecular flexibility index (Phi) is 4.00. The van der Waals surface area contributed by atoms with Crippen molar-refractivity contribution < 1.29 is 0 Å². The molecule has 0 aliphatic rings. The maximum absolute atomic E-state index is 9.20. The number of nitriles is 1. The van der Waals surface area contributed by atoms with Crippen LogP contribution in [0.25, 0.3) is 0 Å². The zero-order valence-corrected chi connectivity index (χ0v) is 12.3. The molecule has 2 rings (SSSR count). The van der Waals surface area contributed by atoms with E-state index in [1.54, 1.807) is 6.20 Å². The van der Waals surface area contributed by atoms with Crippen molar-refractivity contribution in [2.24, 2.45) is 0 Å². The number of rotatable bonds is 2. The van der Waals surface area contributed by atoms with E-state index in [1.165, 1.54) is 11.8 Å². The molecule has 0 amide bonds. The van der Waals surface area contributed by atoms with E-state index in [9.17, 15) is 5.26 Å². The Morgan fingerprint density at radius 1 is 1.39 bits per heavy atom. The molecule has 0 unspecified atom stereocenters. The highest BCUT2D eigenvalue weighted by Gasteiger charge is 2.11. The summed E-state index contributed by atoms with van der Waals surface area (Å²) < 4.78 is 0.922. The Balaban J connectivity index is 2.47. The second-order valence-electron chi connectivity index (χ2n) is 3.73. The Morgan fingerprint density at radius 3 is 2.83 bits per heavy atom. The molecule has 0 saturated carbocycles. The minimum absolute atomic E-state index is 0.614. The molecule has 0 aliphatic carbocycles. The second-order valence-corrected chi connectivity index (χ2v) is 5.61. The van der Waals surface area contributed by atoms with E-state index < -0.39 is 0 Å². The second kappa shape index (κ2) is 5.51. The van der Waals surface area contributed by atoms with E-state index in [2.05, 4.69) is 32.0 Å². The number of nitrogens with zero attached hydrogens (tertiary/aromatic N) is 3. The first-order chi connectivity index (χ1) is 8.61. The Morgan fingerprint density at radius 2 is 2.17 bits per heavy atom. The van der Waals surface area contributed by atoms with Gasteiger partial charge in [0.25, 0.3) is 0 Å². The monoisotopic (exact) mass is 319 g/mol. The van der Waals surface area contributed by atoms with Gasteiger partial charge >= 0.3 is 0 Å². The quantitative estimate of drug-likeness (QED) is 0.842. The van der Waals surface area contributed by atoms with Gasteiger partial charge in [-0.2, -0.15) is 5.26 Å². The van der Waals surface area contributed by atoms with Crippen molar-refractivity contribution in [3.63, 3.8) is 0 Å². The first-order valence-electron chi connectivity index (χ1n) is 5.28. The summed E-state index contributed by atoms with van der Waals surface area (Å²) in [6.07, 6.45) is 1.74. The maximum atomic E-state index is 9.20. The van der Waals surface area contributed by atoms with Crippen LogP contribution in [0.5, 0.6) is 0 Å². The number of aromatic nitrogens is 2. The van der Waals surface area contributed by atoms with Gasteiger partial charge in [-0.3, -0.25) is 4.98 Å². The smallest absolute Gasteiger partial charge is 0.115 e. The molecule has 2 heterocycles. The summed E-state index contributed by atoms with van der Waals surface area (Å²) in [7, 11) is 0. The van der Waals surface area contributed by atoms with E-state index in [0.29, 0.717) is 5.56 Å².